The van der Waals surface area contributed by atoms with Crippen LogP contribution in [0.3, 0.4) is 0 Å². The molecule has 0 unspecified atom stereocenters. The number of hydrogen-bond donors (Lipinski definition) is 1. The van der Waals surface area contributed by atoms with E-state index in [9.17, 15) is 0 Å². The third kappa shape index (κ3) is 3.84. The van der Waals surface area contributed by atoms with Crippen molar-refractivity contribution in [3.63, 3.8) is 0 Å². The Morgan fingerprint density at radius 1 is 1.05 bits per heavy atom. The van der Waals surface area contributed by atoms with Crippen LogP contribution < -0.4 is 10.5 Å². The van der Waals surface area contributed by atoms with Crippen LogP contribution in [0, 0.1) is 11.3 Å². The minimum Gasteiger partial charge on any atom is -0.489 e. The fraction of sp³-hybridized carbons (Fsp3) is 0.188. The Bertz CT molecular complexity index is 570. The molecule has 0 spiro atoms. The van der Waals surface area contributed by atoms with Crippen molar-refractivity contribution < 1.29 is 4.74 Å². The van der Waals surface area contributed by atoms with Crippen LogP contribution in [-0.2, 0) is 13.0 Å². The SMILES string of the molecule is N#Cc1cccc(COc2ccc(CCN)cc2)c1. The highest BCUT2D eigenvalue weighted by Crippen LogP contribution is 2.15. The molecule has 0 aliphatic carbocycles. The van der Waals surface area contributed by atoms with Gasteiger partial charge < -0.3 is 10.5 Å². The summed E-state index contributed by atoms with van der Waals surface area (Å²) in [7, 11) is 0. The van der Waals surface area contributed by atoms with Gasteiger partial charge in [0.05, 0.1) is 11.6 Å². The van der Waals surface area contributed by atoms with Crippen LogP contribution in [0.15, 0.2) is 48.5 Å². The molecule has 0 saturated carbocycles. The second kappa shape index (κ2) is 6.58. The minimum absolute atomic E-state index is 0.464. The molecule has 2 rings (SSSR count). The van der Waals surface area contributed by atoms with Gasteiger partial charge in [-0.3, -0.25) is 0 Å². The predicted octanol–water partition coefficient (Wildman–Crippen LogP) is 2.64. The quantitative estimate of drug-likeness (QED) is 0.890. The van der Waals surface area contributed by atoms with Crippen molar-refractivity contribution in [1.82, 2.24) is 0 Å². The van der Waals surface area contributed by atoms with Gasteiger partial charge >= 0.3 is 0 Å². The monoisotopic (exact) mass is 252 g/mol. The Labute approximate surface area is 113 Å². The van der Waals surface area contributed by atoms with Gasteiger partial charge in [-0.2, -0.15) is 5.26 Å². The Morgan fingerprint density at radius 3 is 2.53 bits per heavy atom. The lowest BCUT2D eigenvalue weighted by molar-refractivity contribution is 0.306. The molecule has 19 heavy (non-hydrogen) atoms. The van der Waals surface area contributed by atoms with Gasteiger partial charge in [0.2, 0.25) is 0 Å². The number of nitrogens with zero attached hydrogens (tertiary/aromatic N) is 1. The Balaban J connectivity index is 1.96. The lowest BCUT2D eigenvalue weighted by atomic mass is 10.1. The molecule has 0 aliphatic heterocycles. The highest BCUT2D eigenvalue weighted by molar-refractivity contribution is 5.33. The highest BCUT2D eigenvalue weighted by Gasteiger charge is 1.98. The van der Waals surface area contributed by atoms with Crippen molar-refractivity contribution in [2.45, 2.75) is 13.0 Å². The molecule has 0 bridgehead atoms. The lowest BCUT2D eigenvalue weighted by Gasteiger charge is -2.07. The molecule has 0 amide bonds. The van der Waals surface area contributed by atoms with E-state index in [-0.39, 0.29) is 0 Å². The first-order valence-electron chi connectivity index (χ1n) is 6.22. The van der Waals surface area contributed by atoms with Crippen molar-refractivity contribution in [3.05, 3.63) is 65.2 Å². The molecule has 0 aliphatic rings. The zero-order chi connectivity index (χ0) is 13.5. The minimum atomic E-state index is 0.464. The smallest absolute Gasteiger partial charge is 0.119 e. The standard InChI is InChI=1S/C16H16N2O/c17-9-8-13-4-6-16(7-5-13)19-12-15-3-1-2-14(10-15)11-18/h1-7,10H,8-9,12,17H2. The molecule has 0 heterocycles. The molecule has 0 saturated heterocycles. The van der Waals surface area contributed by atoms with E-state index in [1.165, 1.54) is 5.56 Å². The summed E-state index contributed by atoms with van der Waals surface area (Å²) in [4.78, 5) is 0. The van der Waals surface area contributed by atoms with E-state index in [0.717, 1.165) is 17.7 Å². The molecule has 0 atom stereocenters. The molecule has 3 nitrogen and oxygen atoms in total. The normalized spacial score (nSPS) is 9.89. The molecule has 0 aromatic heterocycles. The molecule has 2 aromatic rings. The zero-order valence-electron chi connectivity index (χ0n) is 10.7. The van der Waals surface area contributed by atoms with Gasteiger partial charge in [0.25, 0.3) is 0 Å². The summed E-state index contributed by atoms with van der Waals surface area (Å²) in [6.45, 7) is 1.12. The summed E-state index contributed by atoms with van der Waals surface area (Å²) in [5.41, 5.74) is 8.36. The van der Waals surface area contributed by atoms with Crippen LogP contribution in [0.1, 0.15) is 16.7 Å². The lowest BCUT2D eigenvalue weighted by Crippen LogP contribution is -2.02. The number of ether oxygens (including phenoxy) is 1. The molecule has 96 valence electrons. The molecule has 2 aromatic carbocycles. The van der Waals surface area contributed by atoms with E-state index >= 15 is 0 Å². The Morgan fingerprint density at radius 2 is 1.84 bits per heavy atom. The summed E-state index contributed by atoms with van der Waals surface area (Å²) in [6, 6.07) is 17.5. The summed E-state index contributed by atoms with van der Waals surface area (Å²) in [5.74, 6) is 0.822. The molecular weight excluding hydrogens is 236 g/mol. The first kappa shape index (κ1) is 13.1. The molecular formula is C16H16N2O. The summed E-state index contributed by atoms with van der Waals surface area (Å²) < 4.78 is 5.68. The van der Waals surface area contributed by atoms with Gasteiger partial charge in [0.1, 0.15) is 12.4 Å². The Hall–Kier alpha value is -2.31. The third-order valence-corrected chi connectivity index (χ3v) is 2.82. The van der Waals surface area contributed by atoms with E-state index in [1.54, 1.807) is 6.07 Å². The maximum Gasteiger partial charge on any atom is 0.119 e. The van der Waals surface area contributed by atoms with E-state index in [0.29, 0.717) is 18.7 Å². The number of nitrogens with two attached hydrogens (primary N) is 1. The van der Waals surface area contributed by atoms with Crippen LogP contribution in [-0.4, -0.2) is 6.54 Å². The van der Waals surface area contributed by atoms with E-state index < -0.39 is 0 Å². The topological polar surface area (TPSA) is 59.0 Å². The molecule has 0 radical (unpaired) electrons. The molecule has 0 fully saturated rings. The average molecular weight is 252 g/mol. The predicted molar refractivity (Wildman–Crippen MR) is 74.7 cm³/mol. The first-order chi connectivity index (χ1) is 9.31. The van der Waals surface area contributed by atoms with Crippen molar-refractivity contribution in [2.75, 3.05) is 6.54 Å². The number of hydrogen-bond acceptors (Lipinski definition) is 3. The zero-order valence-corrected chi connectivity index (χ0v) is 10.7. The summed E-state index contributed by atoms with van der Waals surface area (Å²) >= 11 is 0. The van der Waals surface area contributed by atoms with E-state index in [4.69, 9.17) is 15.7 Å². The fourth-order valence-corrected chi connectivity index (χ4v) is 1.82. The van der Waals surface area contributed by atoms with Crippen molar-refractivity contribution in [1.29, 1.82) is 5.26 Å². The third-order valence-electron chi connectivity index (χ3n) is 2.82. The number of nitriles is 1. The molecule has 2 N–H and O–H groups in total. The van der Waals surface area contributed by atoms with Crippen LogP contribution >= 0.6 is 0 Å². The van der Waals surface area contributed by atoms with Gasteiger partial charge in [-0.15, -0.1) is 0 Å². The van der Waals surface area contributed by atoms with Crippen LogP contribution in [0.5, 0.6) is 5.75 Å². The Kier molecular flexibility index (Phi) is 4.54. The molecule has 3 heteroatoms. The second-order valence-corrected chi connectivity index (χ2v) is 4.28. The van der Waals surface area contributed by atoms with Gasteiger partial charge in [-0.1, -0.05) is 24.3 Å². The van der Waals surface area contributed by atoms with Crippen molar-refractivity contribution in [3.8, 4) is 11.8 Å². The van der Waals surface area contributed by atoms with Gasteiger partial charge in [0, 0.05) is 0 Å². The second-order valence-electron chi connectivity index (χ2n) is 4.28. The van der Waals surface area contributed by atoms with Crippen molar-refractivity contribution in [2.24, 2.45) is 5.73 Å². The largest absolute Gasteiger partial charge is 0.489 e. The maximum absolute atomic E-state index is 8.83. The van der Waals surface area contributed by atoms with Gasteiger partial charge in [-0.05, 0) is 48.4 Å². The van der Waals surface area contributed by atoms with E-state index in [1.807, 2.05) is 42.5 Å². The highest BCUT2D eigenvalue weighted by atomic mass is 16.5. The van der Waals surface area contributed by atoms with Crippen LogP contribution in [0.25, 0.3) is 0 Å². The van der Waals surface area contributed by atoms with Crippen LogP contribution in [0.2, 0.25) is 0 Å². The van der Waals surface area contributed by atoms with Gasteiger partial charge in [0.15, 0.2) is 0 Å². The van der Waals surface area contributed by atoms with Crippen LogP contribution in [0.4, 0.5) is 0 Å². The van der Waals surface area contributed by atoms with E-state index in [2.05, 4.69) is 6.07 Å². The number of rotatable bonds is 5. The fourth-order valence-electron chi connectivity index (χ4n) is 1.82. The number of benzene rings is 2. The first-order valence-corrected chi connectivity index (χ1v) is 6.22. The van der Waals surface area contributed by atoms with Gasteiger partial charge in [-0.25, -0.2) is 0 Å². The summed E-state index contributed by atoms with van der Waals surface area (Å²) in [6.07, 6.45) is 0.879. The maximum atomic E-state index is 8.83. The summed E-state index contributed by atoms with van der Waals surface area (Å²) in [5, 5.41) is 8.83. The average Bonchev–Trinajstić information content (AvgIpc) is 2.47. The van der Waals surface area contributed by atoms with Crippen molar-refractivity contribution >= 4 is 0 Å².